The van der Waals surface area contributed by atoms with E-state index in [4.69, 9.17) is 17.0 Å². The summed E-state index contributed by atoms with van der Waals surface area (Å²) in [4.78, 5) is 0. The van der Waals surface area contributed by atoms with Crippen molar-refractivity contribution in [3.8, 4) is 5.75 Å². The second-order valence-corrected chi connectivity index (χ2v) is 4.77. The topological polar surface area (TPSA) is 45.6 Å². The van der Waals surface area contributed by atoms with Crippen molar-refractivity contribution < 1.29 is 4.74 Å². The van der Waals surface area contributed by atoms with Crippen LogP contribution in [0.25, 0.3) is 0 Å². The van der Waals surface area contributed by atoms with E-state index in [0.717, 1.165) is 30.0 Å². The Morgan fingerprint density at radius 1 is 1.32 bits per heavy atom. The van der Waals surface area contributed by atoms with Crippen molar-refractivity contribution in [1.82, 2.24) is 5.43 Å². The summed E-state index contributed by atoms with van der Waals surface area (Å²) in [6, 6.07) is 7.61. The van der Waals surface area contributed by atoms with Gasteiger partial charge in [0.2, 0.25) is 0 Å². The van der Waals surface area contributed by atoms with Gasteiger partial charge < -0.3 is 10.1 Å². The molecule has 0 aromatic heterocycles. The lowest BCUT2D eigenvalue weighted by Gasteiger charge is -2.11. The van der Waals surface area contributed by atoms with E-state index in [9.17, 15) is 0 Å². The Morgan fingerprint density at radius 3 is 2.79 bits per heavy atom. The van der Waals surface area contributed by atoms with Crippen LogP contribution < -0.4 is 15.5 Å². The summed E-state index contributed by atoms with van der Waals surface area (Å²) in [5, 5.41) is 7.79. The Kier molecular flexibility index (Phi) is 4.52. The summed E-state index contributed by atoms with van der Waals surface area (Å²) in [6.45, 7) is 2.11. The maximum Gasteiger partial charge on any atom is 0.191 e. The number of thiocarbonyl (C=S) groups is 1. The largest absolute Gasteiger partial charge is 0.495 e. The van der Waals surface area contributed by atoms with Crippen molar-refractivity contribution in [3.63, 3.8) is 0 Å². The van der Waals surface area contributed by atoms with E-state index < -0.39 is 0 Å². The third-order valence-electron chi connectivity index (χ3n) is 2.84. The first kappa shape index (κ1) is 13.5. The molecule has 19 heavy (non-hydrogen) atoms. The number of nitrogens with one attached hydrogen (secondary N) is 2. The zero-order chi connectivity index (χ0) is 13.7. The van der Waals surface area contributed by atoms with Crippen LogP contribution in [0.4, 0.5) is 5.69 Å². The fourth-order valence-electron chi connectivity index (χ4n) is 1.86. The minimum atomic E-state index is 0.454. The monoisotopic (exact) mass is 275 g/mol. The number of methoxy groups -OCH3 is 1. The highest BCUT2D eigenvalue weighted by atomic mass is 32.1. The first-order chi connectivity index (χ1) is 9.19. The van der Waals surface area contributed by atoms with Crippen LogP contribution in [0.5, 0.6) is 5.75 Å². The zero-order valence-corrected chi connectivity index (χ0v) is 11.9. The summed E-state index contributed by atoms with van der Waals surface area (Å²) in [5.74, 6) is 0.746. The van der Waals surface area contributed by atoms with Crippen molar-refractivity contribution >= 4 is 28.7 Å². The summed E-state index contributed by atoms with van der Waals surface area (Å²) < 4.78 is 5.24. The van der Waals surface area contributed by atoms with Gasteiger partial charge in [0.05, 0.1) is 18.5 Å². The molecule has 0 radical (unpaired) electrons. The number of ether oxygens (including phenoxy) is 1. The number of rotatable bonds is 3. The van der Waals surface area contributed by atoms with Gasteiger partial charge >= 0.3 is 0 Å². The second-order valence-electron chi connectivity index (χ2n) is 4.36. The van der Waals surface area contributed by atoms with Crippen LogP contribution in [0.1, 0.15) is 19.8 Å². The van der Waals surface area contributed by atoms with Crippen molar-refractivity contribution in [2.75, 3.05) is 12.4 Å². The Labute approximate surface area is 118 Å². The molecule has 2 rings (SSSR count). The first-order valence-electron chi connectivity index (χ1n) is 6.13. The molecule has 0 unspecified atom stereocenters. The van der Waals surface area contributed by atoms with Crippen LogP contribution in [0.2, 0.25) is 0 Å². The van der Waals surface area contributed by atoms with Crippen molar-refractivity contribution in [3.05, 3.63) is 35.9 Å². The maximum absolute atomic E-state index is 5.24. The Bertz CT molecular complexity index is 537. The molecule has 0 saturated carbocycles. The average molecular weight is 275 g/mol. The van der Waals surface area contributed by atoms with Crippen LogP contribution in [0, 0.1) is 0 Å². The van der Waals surface area contributed by atoms with Gasteiger partial charge in [-0.05, 0) is 50.2 Å². The number of nitrogens with zero attached hydrogens (tertiary/aromatic N) is 1. The number of benzene rings is 1. The van der Waals surface area contributed by atoms with E-state index >= 15 is 0 Å². The lowest BCUT2D eigenvalue weighted by atomic mass is 10.3. The molecule has 1 aromatic rings. The van der Waals surface area contributed by atoms with E-state index in [2.05, 4.69) is 28.8 Å². The Balaban J connectivity index is 1.95. The molecular formula is C14H17N3OS. The van der Waals surface area contributed by atoms with Gasteiger partial charge in [-0.25, -0.2) is 0 Å². The van der Waals surface area contributed by atoms with Crippen LogP contribution >= 0.6 is 12.2 Å². The normalized spacial score (nSPS) is 16.1. The average Bonchev–Trinajstić information content (AvgIpc) is 2.83. The zero-order valence-electron chi connectivity index (χ0n) is 11.1. The molecule has 0 saturated heterocycles. The Morgan fingerprint density at radius 2 is 2.11 bits per heavy atom. The van der Waals surface area contributed by atoms with Gasteiger partial charge in [0, 0.05) is 0 Å². The first-order valence-corrected chi connectivity index (χ1v) is 6.53. The van der Waals surface area contributed by atoms with E-state index in [1.165, 1.54) is 5.57 Å². The van der Waals surface area contributed by atoms with Gasteiger partial charge in [0.1, 0.15) is 5.75 Å². The number of hydrazone groups is 1. The third-order valence-corrected chi connectivity index (χ3v) is 3.04. The molecule has 0 amide bonds. The number of anilines is 1. The summed E-state index contributed by atoms with van der Waals surface area (Å²) in [7, 11) is 1.63. The number of allylic oxidation sites excluding steroid dienone is 2. The standard InChI is InChI=1S/C14H17N3OS/c1-10-7-8-11(9-10)16-17-14(19)15-12-5-3-4-6-13(12)18-2/h3-6,9H,7-8H2,1-2H3,(H2,15,17,19)/b16-11-. The molecule has 0 heterocycles. The molecule has 0 aliphatic heterocycles. The minimum absolute atomic E-state index is 0.454. The van der Waals surface area contributed by atoms with E-state index in [1.54, 1.807) is 7.11 Å². The summed E-state index contributed by atoms with van der Waals surface area (Å²) >= 11 is 5.20. The fraction of sp³-hybridized carbons (Fsp3) is 0.286. The quantitative estimate of drug-likeness (QED) is 0.657. The van der Waals surface area contributed by atoms with Crippen LogP contribution in [0.15, 0.2) is 41.0 Å². The van der Waals surface area contributed by atoms with Crippen LogP contribution in [-0.4, -0.2) is 17.9 Å². The number of hydrogen-bond donors (Lipinski definition) is 2. The highest BCUT2D eigenvalue weighted by molar-refractivity contribution is 7.80. The minimum Gasteiger partial charge on any atom is -0.495 e. The molecule has 1 aliphatic rings. The number of hydrogen-bond acceptors (Lipinski definition) is 3. The van der Waals surface area contributed by atoms with Gasteiger partial charge in [-0.15, -0.1) is 0 Å². The van der Waals surface area contributed by atoms with E-state index in [0.29, 0.717) is 5.11 Å². The van der Waals surface area contributed by atoms with E-state index in [-0.39, 0.29) is 0 Å². The highest BCUT2D eigenvalue weighted by Gasteiger charge is 2.07. The summed E-state index contributed by atoms with van der Waals surface area (Å²) in [5.41, 5.74) is 6.05. The lowest BCUT2D eigenvalue weighted by molar-refractivity contribution is 0.417. The van der Waals surface area contributed by atoms with Crippen molar-refractivity contribution in [2.45, 2.75) is 19.8 Å². The maximum atomic E-state index is 5.24. The smallest absolute Gasteiger partial charge is 0.191 e. The fourth-order valence-corrected chi connectivity index (χ4v) is 2.02. The summed E-state index contributed by atoms with van der Waals surface area (Å²) in [6.07, 6.45) is 4.13. The van der Waals surface area contributed by atoms with Gasteiger partial charge in [-0.3, -0.25) is 5.43 Å². The molecule has 1 aliphatic carbocycles. The molecule has 0 atom stereocenters. The molecule has 0 bridgehead atoms. The molecule has 0 spiro atoms. The van der Waals surface area contributed by atoms with Gasteiger partial charge in [-0.2, -0.15) is 5.10 Å². The van der Waals surface area contributed by atoms with E-state index in [1.807, 2.05) is 24.3 Å². The molecule has 100 valence electrons. The molecule has 5 heteroatoms. The number of para-hydroxylation sites is 2. The van der Waals surface area contributed by atoms with Crippen molar-refractivity contribution in [1.29, 1.82) is 0 Å². The molecule has 0 fully saturated rings. The van der Waals surface area contributed by atoms with Crippen molar-refractivity contribution in [2.24, 2.45) is 5.10 Å². The Hall–Kier alpha value is -1.88. The second kappa shape index (κ2) is 6.33. The highest BCUT2D eigenvalue weighted by Crippen LogP contribution is 2.22. The lowest BCUT2D eigenvalue weighted by Crippen LogP contribution is -2.24. The predicted octanol–water partition coefficient (Wildman–Crippen LogP) is 3.08. The van der Waals surface area contributed by atoms with Gasteiger partial charge in [0.25, 0.3) is 0 Å². The SMILES string of the molecule is COc1ccccc1NC(=S)N/N=C1\C=C(C)CC1. The van der Waals surface area contributed by atoms with Crippen LogP contribution in [0.3, 0.4) is 0 Å². The third kappa shape index (κ3) is 3.79. The molecule has 2 N–H and O–H groups in total. The molecular weight excluding hydrogens is 258 g/mol. The predicted molar refractivity (Wildman–Crippen MR) is 82.8 cm³/mol. The molecule has 4 nitrogen and oxygen atoms in total. The molecule has 1 aromatic carbocycles. The van der Waals surface area contributed by atoms with Gasteiger partial charge in [-0.1, -0.05) is 17.7 Å². The van der Waals surface area contributed by atoms with Gasteiger partial charge in [0.15, 0.2) is 5.11 Å². The van der Waals surface area contributed by atoms with Crippen LogP contribution in [-0.2, 0) is 0 Å².